The Hall–Kier alpha value is -2.09. The Morgan fingerprint density at radius 3 is 3.05 bits per heavy atom. The number of amides is 1. The summed E-state index contributed by atoms with van der Waals surface area (Å²) < 4.78 is 1.76. The highest BCUT2D eigenvalue weighted by atomic mass is 35.5. The van der Waals surface area contributed by atoms with E-state index < -0.39 is 0 Å². The van der Waals surface area contributed by atoms with Crippen LogP contribution < -0.4 is 5.32 Å². The van der Waals surface area contributed by atoms with E-state index in [1.807, 2.05) is 6.92 Å². The molecule has 0 spiro atoms. The van der Waals surface area contributed by atoms with Gasteiger partial charge in [-0.05, 0) is 30.2 Å². The molecule has 1 aliphatic carbocycles. The summed E-state index contributed by atoms with van der Waals surface area (Å²) in [6.07, 6.45) is 4.79. The van der Waals surface area contributed by atoms with Crippen molar-refractivity contribution in [2.75, 3.05) is 0 Å². The number of carbonyl (C=O) groups excluding carboxylic acids is 1. The molecule has 0 bridgehead atoms. The summed E-state index contributed by atoms with van der Waals surface area (Å²) in [6.45, 7) is 1.82. The van der Waals surface area contributed by atoms with Gasteiger partial charge in [-0.3, -0.25) is 4.79 Å². The molecule has 2 aromatic rings. The molecule has 1 fully saturated rings. The van der Waals surface area contributed by atoms with Crippen LogP contribution in [-0.4, -0.2) is 36.1 Å². The van der Waals surface area contributed by atoms with Crippen LogP contribution in [0, 0.1) is 0 Å². The number of nitrogens with zero attached hydrogens (tertiary/aromatic N) is 6. The van der Waals surface area contributed by atoms with Crippen molar-refractivity contribution in [3.05, 3.63) is 29.1 Å². The second kappa shape index (κ2) is 5.12. The Morgan fingerprint density at radius 2 is 2.35 bits per heavy atom. The smallest absolute Gasteiger partial charge is 0.272 e. The van der Waals surface area contributed by atoms with Crippen molar-refractivity contribution in [1.82, 2.24) is 35.5 Å². The van der Waals surface area contributed by atoms with E-state index >= 15 is 0 Å². The minimum absolute atomic E-state index is 0.138. The van der Waals surface area contributed by atoms with Gasteiger partial charge in [0.25, 0.3) is 5.91 Å². The predicted octanol–water partition coefficient (Wildman–Crippen LogP) is 0.942. The number of aromatic nitrogens is 6. The molecule has 0 aromatic carbocycles. The third-order valence-electron chi connectivity index (χ3n) is 3.03. The molecule has 1 unspecified atom stereocenters. The Labute approximate surface area is 119 Å². The topological polar surface area (TPSA) is 98.5 Å². The minimum atomic E-state index is -0.379. The number of hydrogen-bond acceptors (Lipinski definition) is 6. The van der Waals surface area contributed by atoms with E-state index in [0.29, 0.717) is 11.9 Å². The second-order valence-corrected chi connectivity index (χ2v) is 5.03. The van der Waals surface area contributed by atoms with E-state index in [4.69, 9.17) is 11.6 Å². The molecule has 1 saturated carbocycles. The normalized spacial score (nSPS) is 15.9. The summed E-state index contributed by atoms with van der Waals surface area (Å²) in [5.41, 5.74) is 0.138. The fourth-order valence-corrected chi connectivity index (χ4v) is 2.07. The van der Waals surface area contributed by atoms with E-state index in [1.165, 1.54) is 12.5 Å². The maximum atomic E-state index is 12.1. The molecular weight excluding hydrogens is 282 g/mol. The van der Waals surface area contributed by atoms with Gasteiger partial charge in [0.2, 0.25) is 0 Å². The van der Waals surface area contributed by atoms with Gasteiger partial charge in [-0.2, -0.15) is 0 Å². The largest absolute Gasteiger partial charge is 0.341 e. The SMILES string of the molecule is CC(NC(=O)c1ncncc1Cl)c1nnnn1C1CC1. The van der Waals surface area contributed by atoms with Crippen LogP contribution in [0.5, 0.6) is 0 Å². The highest BCUT2D eigenvalue weighted by molar-refractivity contribution is 6.33. The lowest BCUT2D eigenvalue weighted by atomic mass is 10.3. The quantitative estimate of drug-likeness (QED) is 0.901. The third-order valence-corrected chi connectivity index (χ3v) is 3.31. The number of nitrogens with one attached hydrogen (secondary N) is 1. The number of rotatable bonds is 4. The first kappa shape index (κ1) is 12.9. The minimum Gasteiger partial charge on any atom is -0.341 e. The highest BCUT2D eigenvalue weighted by Crippen LogP contribution is 2.35. The zero-order chi connectivity index (χ0) is 14.1. The van der Waals surface area contributed by atoms with Crippen LogP contribution in [0.15, 0.2) is 12.5 Å². The van der Waals surface area contributed by atoms with Crippen molar-refractivity contribution in [2.24, 2.45) is 0 Å². The molecule has 1 amide bonds. The van der Waals surface area contributed by atoms with Crippen molar-refractivity contribution in [3.63, 3.8) is 0 Å². The van der Waals surface area contributed by atoms with Crippen LogP contribution in [0.2, 0.25) is 5.02 Å². The lowest BCUT2D eigenvalue weighted by Crippen LogP contribution is -2.29. The van der Waals surface area contributed by atoms with Gasteiger partial charge < -0.3 is 5.32 Å². The van der Waals surface area contributed by atoms with E-state index in [2.05, 4.69) is 30.8 Å². The average Bonchev–Trinajstić information content (AvgIpc) is 3.16. The van der Waals surface area contributed by atoms with Gasteiger partial charge in [0.1, 0.15) is 12.0 Å². The van der Waals surface area contributed by atoms with Crippen LogP contribution >= 0.6 is 11.6 Å². The van der Waals surface area contributed by atoms with Crippen molar-refractivity contribution < 1.29 is 4.79 Å². The standard InChI is InChI=1S/C11H12ClN7O/c1-6(10-16-17-18-19(10)7-2-3-7)15-11(20)9-8(12)4-13-5-14-9/h4-7H,2-3H2,1H3,(H,15,20). The predicted molar refractivity (Wildman–Crippen MR) is 69.0 cm³/mol. The maximum absolute atomic E-state index is 12.1. The van der Waals surface area contributed by atoms with E-state index in [0.717, 1.165) is 12.8 Å². The van der Waals surface area contributed by atoms with Gasteiger partial charge in [0.05, 0.1) is 17.1 Å². The zero-order valence-electron chi connectivity index (χ0n) is 10.7. The molecule has 0 radical (unpaired) electrons. The van der Waals surface area contributed by atoms with E-state index in [-0.39, 0.29) is 22.7 Å². The molecule has 104 valence electrons. The summed E-state index contributed by atoms with van der Waals surface area (Å²) in [5.74, 6) is 0.251. The summed E-state index contributed by atoms with van der Waals surface area (Å²) in [4.78, 5) is 19.7. The fraction of sp³-hybridized carbons (Fsp3) is 0.455. The lowest BCUT2D eigenvalue weighted by Gasteiger charge is -2.13. The number of hydrogen-bond donors (Lipinski definition) is 1. The Morgan fingerprint density at radius 1 is 1.55 bits per heavy atom. The first-order valence-electron chi connectivity index (χ1n) is 6.21. The summed E-state index contributed by atoms with van der Waals surface area (Å²) >= 11 is 5.89. The van der Waals surface area contributed by atoms with Crippen LogP contribution in [-0.2, 0) is 0 Å². The van der Waals surface area contributed by atoms with Gasteiger partial charge in [-0.25, -0.2) is 14.6 Å². The fourth-order valence-electron chi connectivity index (χ4n) is 1.87. The van der Waals surface area contributed by atoms with Crippen LogP contribution in [0.1, 0.15) is 48.2 Å². The van der Waals surface area contributed by atoms with Crippen molar-refractivity contribution in [2.45, 2.75) is 31.8 Å². The molecular formula is C11H12ClN7O. The van der Waals surface area contributed by atoms with E-state index in [1.54, 1.807) is 4.68 Å². The molecule has 20 heavy (non-hydrogen) atoms. The van der Waals surface area contributed by atoms with Gasteiger partial charge in [-0.1, -0.05) is 11.6 Å². The number of halogens is 1. The molecule has 1 aliphatic rings. The van der Waals surface area contributed by atoms with Crippen LogP contribution in [0.3, 0.4) is 0 Å². The molecule has 8 nitrogen and oxygen atoms in total. The molecule has 1 N–H and O–H groups in total. The molecule has 2 aromatic heterocycles. The first-order valence-corrected chi connectivity index (χ1v) is 6.58. The summed E-state index contributed by atoms with van der Waals surface area (Å²) in [6, 6.07) is 0.0196. The average molecular weight is 294 g/mol. The molecule has 3 rings (SSSR count). The third kappa shape index (κ3) is 2.46. The Bertz CT molecular complexity index is 639. The number of tetrazole rings is 1. The molecule has 0 saturated heterocycles. The summed E-state index contributed by atoms with van der Waals surface area (Å²) in [5, 5.41) is 14.6. The van der Waals surface area contributed by atoms with Gasteiger partial charge in [0.15, 0.2) is 5.82 Å². The number of carbonyl (C=O) groups is 1. The molecule has 2 heterocycles. The van der Waals surface area contributed by atoms with E-state index in [9.17, 15) is 4.79 Å². The van der Waals surface area contributed by atoms with Gasteiger partial charge in [0, 0.05) is 6.20 Å². The first-order chi connectivity index (χ1) is 9.66. The lowest BCUT2D eigenvalue weighted by molar-refractivity contribution is 0.0932. The summed E-state index contributed by atoms with van der Waals surface area (Å²) in [7, 11) is 0. The Balaban J connectivity index is 1.75. The Kier molecular flexibility index (Phi) is 3.31. The highest BCUT2D eigenvalue weighted by Gasteiger charge is 2.30. The zero-order valence-corrected chi connectivity index (χ0v) is 11.4. The monoisotopic (exact) mass is 293 g/mol. The van der Waals surface area contributed by atoms with Gasteiger partial charge >= 0.3 is 0 Å². The van der Waals surface area contributed by atoms with Crippen molar-refractivity contribution >= 4 is 17.5 Å². The molecule has 9 heteroatoms. The van der Waals surface area contributed by atoms with Gasteiger partial charge in [-0.15, -0.1) is 5.10 Å². The van der Waals surface area contributed by atoms with Crippen LogP contribution in [0.4, 0.5) is 0 Å². The van der Waals surface area contributed by atoms with Crippen molar-refractivity contribution in [3.8, 4) is 0 Å². The van der Waals surface area contributed by atoms with Crippen LogP contribution in [0.25, 0.3) is 0 Å². The molecule has 1 atom stereocenters. The van der Waals surface area contributed by atoms with Crippen molar-refractivity contribution in [1.29, 1.82) is 0 Å². The maximum Gasteiger partial charge on any atom is 0.272 e. The molecule has 0 aliphatic heterocycles. The second-order valence-electron chi connectivity index (χ2n) is 4.63.